The SMILES string of the molecule is Cc1ccc(C=CC(=O)NCC2(O)CCC(C)(C)CC2)s1. The smallest absolute Gasteiger partial charge is 0.244 e. The Hall–Kier alpha value is -1.13. The van der Waals surface area contributed by atoms with E-state index in [0.29, 0.717) is 12.0 Å². The van der Waals surface area contributed by atoms with Crippen LogP contribution in [0.2, 0.25) is 0 Å². The Morgan fingerprint density at radius 1 is 1.33 bits per heavy atom. The van der Waals surface area contributed by atoms with Crippen LogP contribution in [-0.2, 0) is 4.79 Å². The second-order valence-corrected chi connectivity index (χ2v) is 8.21. The van der Waals surface area contributed by atoms with E-state index >= 15 is 0 Å². The van der Waals surface area contributed by atoms with Crippen molar-refractivity contribution in [3.05, 3.63) is 28.0 Å². The lowest BCUT2D eigenvalue weighted by atomic mass is 9.71. The van der Waals surface area contributed by atoms with Gasteiger partial charge in [0.05, 0.1) is 5.60 Å². The summed E-state index contributed by atoms with van der Waals surface area (Å²) in [5.74, 6) is -0.140. The number of nitrogens with one attached hydrogen (secondary N) is 1. The molecule has 1 aliphatic rings. The molecule has 1 saturated carbocycles. The van der Waals surface area contributed by atoms with Crippen molar-refractivity contribution in [2.75, 3.05) is 6.54 Å². The number of aryl methyl sites for hydroxylation is 1. The van der Waals surface area contributed by atoms with E-state index in [9.17, 15) is 9.90 Å². The van der Waals surface area contributed by atoms with Gasteiger partial charge in [0.25, 0.3) is 0 Å². The molecule has 1 aliphatic carbocycles. The van der Waals surface area contributed by atoms with Crippen molar-refractivity contribution in [3.63, 3.8) is 0 Å². The number of hydrogen-bond donors (Lipinski definition) is 2. The molecular formula is C17H25NO2S. The summed E-state index contributed by atoms with van der Waals surface area (Å²) in [6.45, 7) is 6.85. The maximum Gasteiger partial charge on any atom is 0.244 e. The summed E-state index contributed by atoms with van der Waals surface area (Å²) >= 11 is 1.66. The molecule has 0 aromatic carbocycles. The highest BCUT2D eigenvalue weighted by Crippen LogP contribution is 2.39. The minimum absolute atomic E-state index is 0.140. The molecule has 1 aromatic heterocycles. The second kappa shape index (κ2) is 6.32. The molecule has 2 rings (SSSR count). The molecule has 0 aliphatic heterocycles. The molecule has 0 bridgehead atoms. The molecular weight excluding hydrogens is 282 g/mol. The molecule has 2 N–H and O–H groups in total. The van der Waals surface area contributed by atoms with E-state index in [1.54, 1.807) is 17.4 Å². The second-order valence-electron chi connectivity index (χ2n) is 6.89. The molecule has 1 amide bonds. The third-order valence-electron chi connectivity index (χ3n) is 4.29. The molecule has 4 heteroatoms. The minimum atomic E-state index is -0.738. The standard InChI is InChI=1S/C17H25NO2S/c1-13-4-5-14(21-13)6-7-15(19)18-12-17(20)10-8-16(2,3)9-11-17/h4-7,20H,8-12H2,1-3H3,(H,18,19). The van der Waals surface area contributed by atoms with Crippen molar-refractivity contribution in [3.8, 4) is 0 Å². The zero-order valence-corrected chi connectivity index (χ0v) is 13.9. The normalized spacial score (nSPS) is 20.6. The van der Waals surface area contributed by atoms with Gasteiger partial charge in [-0.3, -0.25) is 4.79 Å². The van der Waals surface area contributed by atoms with Crippen LogP contribution in [0, 0.1) is 12.3 Å². The van der Waals surface area contributed by atoms with Gasteiger partial charge in [-0.2, -0.15) is 0 Å². The number of aliphatic hydroxyl groups is 1. The van der Waals surface area contributed by atoms with E-state index in [4.69, 9.17) is 0 Å². The minimum Gasteiger partial charge on any atom is -0.388 e. The summed E-state index contributed by atoms with van der Waals surface area (Å²) in [4.78, 5) is 14.1. The van der Waals surface area contributed by atoms with Crippen molar-refractivity contribution in [2.24, 2.45) is 5.41 Å². The Labute approximate surface area is 131 Å². The lowest BCUT2D eigenvalue weighted by molar-refractivity contribution is -0.118. The Morgan fingerprint density at radius 3 is 2.57 bits per heavy atom. The van der Waals surface area contributed by atoms with Gasteiger partial charge in [0.1, 0.15) is 0 Å². The van der Waals surface area contributed by atoms with Crippen LogP contribution in [0.25, 0.3) is 6.08 Å². The molecule has 21 heavy (non-hydrogen) atoms. The first-order valence-corrected chi connectivity index (χ1v) is 8.35. The highest BCUT2D eigenvalue weighted by atomic mass is 32.1. The summed E-state index contributed by atoms with van der Waals surface area (Å²) in [6.07, 6.45) is 6.89. The highest BCUT2D eigenvalue weighted by molar-refractivity contribution is 7.12. The number of hydrogen-bond acceptors (Lipinski definition) is 3. The van der Waals surface area contributed by atoms with E-state index < -0.39 is 5.60 Å². The fourth-order valence-corrected chi connectivity index (χ4v) is 3.36. The predicted molar refractivity (Wildman–Crippen MR) is 88.3 cm³/mol. The first kappa shape index (κ1) is 16.2. The maximum atomic E-state index is 11.8. The van der Waals surface area contributed by atoms with Crippen molar-refractivity contribution in [1.82, 2.24) is 5.32 Å². The third-order valence-corrected chi connectivity index (χ3v) is 5.25. The topological polar surface area (TPSA) is 49.3 Å². The van der Waals surface area contributed by atoms with Gasteiger partial charge in [-0.15, -0.1) is 11.3 Å². The molecule has 0 atom stereocenters. The Kier molecular flexibility index (Phi) is 4.89. The van der Waals surface area contributed by atoms with Crippen LogP contribution in [0.3, 0.4) is 0 Å². The Morgan fingerprint density at radius 2 is 2.00 bits per heavy atom. The fraction of sp³-hybridized carbons (Fsp3) is 0.588. The first-order chi connectivity index (χ1) is 9.78. The summed E-state index contributed by atoms with van der Waals surface area (Å²) in [6, 6.07) is 4.04. The van der Waals surface area contributed by atoms with Crippen molar-refractivity contribution >= 4 is 23.3 Å². The number of amides is 1. The summed E-state index contributed by atoms with van der Waals surface area (Å²) in [7, 11) is 0. The number of carbonyl (C=O) groups excluding carboxylic acids is 1. The van der Waals surface area contributed by atoms with Crippen LogP contribution in [-0.4, -0.2) is 23.2 Å². The van der Waals surface area contributed by atoms with Gasteiger partial charge in [-0.05, 0) is 56.2 Å². The molecule has 1 aromatic rings. The van der Waals surface area contributed by atoms with Crippen LogP contribution in [0.15, 0.2) is 18.2 Å². The molecule has 0 saturated heterocycles. The lowest BCUT2D eigenvalue weighted by Gasteiger charge is -2.40. The first-order valence-electron chi connectivity index (χ1n) is 7.53. The third kappa shape index (κ3) is 4.97. The van der Waals surface area contributed by atoms with Crippen molar-refractivity contribution in [2.45, 2.75) is 52.1 Å². The Bertz CT molecular complexity index is 521. The van der Waals surface area contributed by atoms with E-state index in [1.807, 2.05) is 25.1 Å². The van der Waals surface area contributed by atoms with Gasteiger partial charge < -0.3 is 10.4 Å². The zero-order chi connectivity index (χ0) is 15.5. The van der Waals surface area contributed by atoms with Crippen LogP contribution >= 0.6 is 11.3 Å². The van der Waals surface area contributed by atoms with Crippen LogP contribution in [0.5, 0.6) is 0 Å². The van der Waals surface area contributed by atoms with Gasteiger partial charge >= 0.3 is 0 Å². The average Bonchev–Trinajstić information content (AvgIpc) is 2.84. The molecule has 1 fully saturated rings. The van der Waals surface area contributed by atoms with Crippen molar-refractivity contribution < 1.29 is 9.90 Å². The summed E-state index contributed by atoms with van der Waals surface area (Å²) in [5, 5.41) is 13.3. The van der Waals surface area contributed by atoms with Gasteiger partial charge in [0.2, 0.25) is 5.91 Å². The highest BCUT2D eigenvalue weighted by Gasteiger charge is 2.36. The van der Waals surface area contributed by atoms with E-state index in [1.165, 1.54) is 4.88 Å². The molecule has 3 nitrogen and oxygen atoms in total. The van der Waals surface area contributed by atoms with E-state index in [2.05, 4.69) is 19.2 Å². The number of thiophene rings is 1. The quantitative estimate of drug-likeness (QED) is 0.836. The van der Waals surface area contributed by atoms with Crippen LogP contribution < -0.4 is 5.32 Å². The molecule has 0 spiro atoms. The maximum absolute atomic E-state index is 11.8. The fourth-order valence-electron chi connectivity index (χ4n) is 2.58. The zero-order valence-electron chi connectivity index (χ0n) is 13.1. The molecule has 0 radical (unpaired) electrons. The average molecular weight is 307 g/mol. The lowest BCUT2D eigenvalue weighted by Crippen LogP contribution is -2.46. The van der Waals surface area contributed by atoms with Gasteiger partial charge in [-0.25, -0.2) is 0 Å². The van der Waals surface area contributed by atoms with E-state index in [-0.39, 0.29) is 5.91 Å². The number of rotatable bonds is 4. The largest absolute Gasteiger partial charge is 0.388 e. The number of carbonyl (C=O) groups is 1. The summed E-state index contributed by atoms with van der Waals surface area (Å²) in [5.41, 5.74) is -0.425. The molecule has 116 valence electrons. The van der Waals surface area contributed by atoms with Gasteiger partial charge in [0, 0.05) is 22.4 Å². The predicted octanol–water partition coefficient (Wildman–Crippen LogP) is 3.52. The van der Waals surface area contributed by atoms with Crippen LogP contribution in [0.4, 0.5) is 0 Å². The van der Waals surface area contributed by atoms with Crippen molar-refractivity contribution in [1.29, 1.82) is 0 Å². The monoisotopic (exact) mass is 307 g/mol. The summed E-state index contributed by atoms with van der Waals surface area (Å²) < 4.78 is 0. The Balaban J connectivity index is 1.80. The molecule has 0 unspecified atom stereocenters. The van der Waals surface area contributed by atoms with Crippen LogP contribution in [0.1, 0.15) is 49.3 Å². The van der Waals surface area contributed by atoms with Gasteiger partial charge in [0.15, 0.2) is 0 Å². The van der Waals surface area contributed by atoms with Gasteiger partial charge in [-0.1, -0.05) is 13.8 Å². The molecule has 1 heterocycles. The van der Waals surface area contributed by atoms with E-state index in [0.717, 1.165) is 30.6 Å².